The highest BCUT2D eigenvalue weighted by Gasteiger charge is 2.32. The highest BCUT2D eigenvalue weighted by atomic mass is 35.5. The zero-order valence-corrected chi connectivity index (χ0v) is 20.8. The predicted molar refractivity (Wildman–Crippen MR) is 135 cm³/mol. The number of carbonyl (C=O) groups is 3. The second kappa shape index (κ2) is 9.80. The average Bonchev–Trinajstić information content (AvgIpc) is 3.46. The first-order chi connectivity index (χ1) is 16.9. The number of carbonyl (C=O) groups excluding carboxylic acids is 3. The van der Waals surface area contributed by atoms with E-state index in [2.05, 4.69) is 26.2 Å². The van der Waals surface area contributed by atoms with Gasteiger partial charge in [-0.25, -0.2) is 4.98 Å². The molecular weight excluding hydrogens is 486 g/mol. The van der Waals surface area contributed by atoms with Crippen LogP contribution in [-0.4, -0.2) is 45.2 Å². The van der Waals surface area contributed by atoms with E-state index < -0.39 is 5.91 Å². The van der Waals surface area contributed by atoms with Gasteiger partial charge in [0.25, 0.3) is 17.0 Å². The smallest absolute Gasteiger partial charge is 0.351 e. The Morgan fingerprint density at radius 2 is 2.09 bits per heavy atom. The average molecular weight is 511 g/mol. The molecule has 1 fully saturated rings. The molecule has 1 saturated carbocycles. The number of H-pyrrole nitrogens is 1. The number of nitrogens with zero attached hydrogens (tertiary/aromatic N) is 3. The Morgan fingerprint density at radius 1 is 1.26 bits per heavy atom. The molecule has 180 valence electrons. The second-order valence-electron chi connectivity index (χ2n) is 9.01. The molecule has 0 radical (unpaired) electrons. The van der Waals surface area contributed by atoms with Crippen molar-refractivity contribution in [2.75, 3.05) is 6.54 Å². The van der Waals surface area contributed by atoms with Gasteiger partial charge in [0, 0.05) is 51.6 Å². The van der Waals surface area contributed by atoms with Gasteiger partial charge in [0.1, 0.15) is 11.6 Å². The zero-order valence-electron chi connectivity index (χ0n) is 19.3. The van der Waals surface area contributed by atoms with Crippen LogP contribution in [0.4, 0.5) is 0 Å². The number of rotatable bonds is 3. The molecule has 0 bridgehead atoms. The molecule has 3 heterocycles. The number of hydrogen-bond donors (Lipinski definition) is 2. The lowest BCUT2D eigenvalue weighted by Crippen LogP contribution is -2.41. The monoisotopic (exact) mass is 510 g/mol. The minimum Gasteiger partial charge on any atom is -0.351 e. The molecule has 2 aromatic heterocycles. The Hall–Kier alpha value is -3.22. The molecular formula is C25H25ClN5O3S+. The number of halogens is 1. The van der Waals surface area contributed by atoms with Gasteiger partial charge in [0.15, 0.2) is 0 Å². The number of nitrogens with one attached hydrogen (secondary N) is 2. The fourth-order valence-electron chi connectivity index (χ4n) is 4.68. The summed E-state index contributed by atoms with van der Waals surface area (Å²) in [5.74, 6) is -0.768. The summed E-state index contributed by atoms with van der Waals surface area (Å²) in [5, 5.41) is 4.90. The van der Waals surface area contributed by atoms with Gasteiger partial charge in [-0.3, -0.25) is 9.59 Å². The van der Waals surface area contributed by atoms with Crippen molar-refractivity contribution in [2.24, 2.45) is 5.92 Å². The molecule has 10 heteroatoms. The molecule has 0 saturated heterocycles. The fourth-order valence-corrected chi connectivity index (χ4v) is 5.86. The molecule has 2 aliphatic rings. The van der Waals surface area contributed by atoms with Crippen LogP contribution in [0.15, 0.2) is 24.3 Å². The van der Waals surface area contributed by atoms with Crippen LogP contribution in [-0.2, 0) is 17.8 Å². The third-order valence-electron chi connectivity index (χ3n) is 6.60. The van der Waals surface area contributed by atoms with Crippen LogP contribution >= 0.6 is 22.9 Å². The van der Waals surface area contributed by atoms with Gasteiger partial charge >= 0.3 is 5.91 Å². The number of thiazole rings is 1. The normalized spacial score (nSPS) is 19.5. The van der Waals surface area contributed by atoms with Crippen molar-refractivity contribution in [3.8, 4) is 6.07 Å². The highest BCUT2D eigenvalue weighted by molar-refractivity contribution is 7.13. The van der Waals surface area contributed by atoms with E-state index in [0.717, 1.165) is 47.2 Å². The van der Waals surface area contributed by atoms with Crippen LogP contribution in [0.3, 0.4) is 0 Å². The van der Waals surface area contributed by atoms with Crippen molar-refractivity contribution in [2.45, 2.75) is 51.6 Å². The standard InChI is InChI=1S/C25H24ClN5O3S/c1-14(32)31-9-8-20-22(13-31)35-25(30-20)24(34)27-12-15-4-2-3-5-18(15)29-23(33)21-11-16-10-17(26)6-7-19(16)28-21/h6-7,10-11,15,18H,2-5,8-9,13H2,1H3,(H-,28,29,33)/p+1/t15?,18-/m0/s1. The minimum atomic E-state index is -0.429. The summed E-state index contributed by atoms with van der Waals surface area (Å²) in [7, 11) is 0. The molecule has 1 unspecified atom stereocenters. The molecule has 0 spiro atoms. The minimum absolute atomic E-state index is 0.0184. The quantitative estimate of drug-likeness (QED) is 0.536. The van der Waals surface area contributed by atoms with Crippen molar-refractivity contribution >= 4 is 51.6 Å². The van der Waals surface area contributed by atoms with Crippen LogP contribution in [0.1, 0.15) is 63.5 Å². The number of benzene rings is 1. The Balaban J connectivity index is 1.27. The van der Waals surface area contributed by atoms with Crippen LogP contribution in [0.5, 0.6) is 0 Å². The van der Waals surface area contributed by atoms with E-state index in [1.807, 2.05) is 12.1 Å². The topological polar surface area (TPSA) is 99.5 Å². The van der Waals surface area contributed by atoms with Gasteiger partial charge in [-0.2, -0.15) is 4.79 Å². The van der Waals surface area contributed by atoms with E-state index in [9.17, 15) is 14.4 Å². The third-order valence-corrected chi connectivity index (χ3v) is 7.91. The summed E-state index contributed by atoms with van der Waals surface area (Å²) in [5.41, 5.74) is 2.18. The summed E-state index contributed by atoms with van der Waals surface area (Å²) >= 11 is 7.35. The summed E-state index contributed by atoms with van der Waals surface area (Å²) in [6.45, 7) is 2.65. The molecule has 1 aliphatic carbocycles. The summed E-state index contributed by atoms with van der Waals surface area (Å²) in [6.07, 6.45) is 4.22. The van der Waals surface area contributed by atoms with Gasteiger partial charge in [0.2, 0.25) is 5.91 Å². The maximum absolute atomic E-state index is 12.9. The number of aromatic nitrogens is 2. The van der Waals surface area contributed by atoms with Crippen molar-refractivity contribution in [1.29, 1.82) is 0 Å². The molecule has 2 N–H and O–H groups in total. The van der Waals surface area contributed by atoms with Gasteiger partial charge in [-0.05, 0) is 37.1 Å². The lowest BCUT2D eigenvalue weighted by atomic mass is 9.85. The SMILES string of the molecule is CC(=O)N1CCc2nc(C(=O)[N+]#CC3CCCC[C@@H]3NC(=O)c3cc4cc(Cl)ccc4[nH]3)sc2C1. The summed E-state index contributed by atoms with van der Waals surface area (Å²) in [4.78, 5) is 51.7. The van der Waals surface area contributed by atoms with Gasteiger partial charge in [-0.15, -0.1) is 11.3 Å². The first kappa shape index (κ1) is 23.5. The highest BCUT2D eigenvalue weighted by Crippen LogP contribution is 2.27. The number of fused-ring (bicyclic) bond motifs is 2. The first-order valence-electron chi connectivity index (χ1n) is 11.7. The third kappa shape index (κ3) is 5.09. The van der Waals surface area contributed by atoms with Crippen molar-refractivity contribution in [1.82, 2.24) is 20.2 Å². The first-order valence-corrected chi connectivity index (χ1v) is 12.9. The molecule has 1 aliphatic heterocycles. The van der Waals surface area contributed by atoms with Crippen LogP contribution in [0, 0.1) is 12.0 Å². The van der Waals surface area contributed by atoms with Crippen LogP contribution in [0.2, 0.25) is 5.02 Å². The van der Waals surface area contributed by atoms with Gasteiger partial charge in [0.05, 0.1) is 12.2 Å². The maximum Gasteiger partial charge on any atom is 0.576 e. The molecule has 8 nitrogen and oxygen atoms in total. The predicted octanol–water partition coefficient (Wildman–Crippen LogP) is 4.64. The Bertz CT molecular complexity index is 1380. The van der Waals surface area contributed by atoms with E-state index in [4.69, 9.17) is 11.6 Å². The van der Waals surface area contributed by atoms with E-state index in [0.29, 0.717) is 35.2 Å². The fraction of sp³-hybridized carbons (Fsp3) is 0.400. The molecule has 3 aromatic rings. The zero-order chi connectivity index (χ0) is 24.5. The Labute approximate surface area is 211 Å². The molecule has 3 amide bonds. The Kier molecular flexibility index (Phi) is 6.58. The van der Waals surface area contributed by atoms with E-state index in [1.54, 1.807) is 24.0 Å². The molecule has 2 atom stereocenters. The van der Waals surface area contributed by atoms with E-state index in [-0.39, 0.29) is 23.8 Å². The van der Waals surface area contributed by atoms with Crippen LogP contribution < -0.4 is 5.32 Å². The van der Waals surface area contributed by atoms with E-state index >= 15 is 0 Å². The van der Waals surface area contributed by atoms with Gasteiger partial charge < -0.3 is 15.2 Å². The summed E-state index contributed by atoms with van der Waals surface area (Å²) in [6, 6.07) is 10.1. The summed E-state index contributed by atoms with van der Waals surface area (Å²) < 4.78 is 0. The van der Waals surface area contributed by atoms with Crippen LogP contribution in [0.25, 0.3) is 15.7 Å². The lowest BCUT2D eigenvalue weighted by Gasteiger charge is -2.25. The van der Waals surface area contributed by atoms with Crippen molar-refractivity contribution < 1.29 is 14.4 Å². The Morgan fingerprint density at radius 3 is 2.91 bits per heavy atom. The van der Waals surface area contributed by atoms with Crippen molar-refractivity contribution in [3.63, 3.8) is 0 Å². The molecule has 5 rings (SSSR count). The number of aromatic amines is 1. The molecule has 35 heavy (non-hydrogen) atoms. The number of amides is 3. The van der Waals surface area contributed by atoms with Gasteiger partial charge in [-0.1, -0.05) is 24.4 Å². The second-order valence-corrected chi connectivity index (χ2v) is 10.5. The maximum atomic E-state index is 12.9. The number of hydrogen-bond acceptors (Lipinski definition) is 5. The molecule has 1 aromatic carbocycles. The lowest BCUT2D eigenvalue weighted by molar-refractivity contribution is -0.129. The van der Waals surface area contributed by atoms with E-state index in [1.165, 1.54) is 11.3 Å². The largest absolute Gasteiger partial charge is 0.576 e. The van der Waals surface area contributed by atoms with Crippen molar-refractivity contribution in [3.05, 3.63) is 55.4 Å².